The van der Waals surface area contributed by atoms with Crippen molar-refractivity contribution in [1.82, 2.24) is 10.2 Å². The predicted molar refractivity (Wildman–Crippen MR) is 75.2 cm³/mol. The Labute approximate surface area is 118 Å². The van der Waals surface area contributed by atoms with Crippen molar-refractivity contribution in [2.24, 2.45) is 0 Å². The first-order chi connectivity index (χ1) is 9.61. The van der Waals surface area contributed by atoms with Crippen molar-refractivity contribution in [3.05, 3.63) is 29.6 Å². The normalized spacial score (nSPS) is 16.2. The highest BCUT2D eigenvalue weighted by Gasteiger charge is 2.18. The Kier molecular flexibility index (Phi) is 4.95. The molecule has 1 amide bonds. The van der Waals surface area contributed by atoms with Crippen LogP contribution in [0.4, 0.5) is 4.39 Å². The second kappa shape index (κ2) is 6.70. The molecule has 1 N–H and O–H groups in total. The van der Waals surface area contributed by atoms with Crippen molar-refractivity contribution in [1.29, 1.82) is 0 Å². The number of amides is 1. The number of hydrogen-bond donors (Lipinski definition) is 1. The largest absolute Gasteiger partial charge is 0.494 e. The van der Waals surface area contributed by atoms with Gasteiger partial charge in [0.15, 0.2) is 11.6 Å². The highest BCUT2D eigenvalue weighted by molar-refractivity contribution is 5.78. The van der Waals surface area contributed by atoms with Crippen molar-refractivity contribution in [3.63, 3.8) is 0 Å². The highest BCUT2D eigenvalue weighted by Crippen LogP contribution is 2.21. The van der Waals surface area contributed by atoms with E-state index in [0.717, 1.165) is 31.5 Å². The molecule has 1 aromatic carbocycles. The number of benzene rings is 1. The van der Waals surface area contributed by atoms with Crippen LogP contribution in [0.3, 0.4) is 0 Å². The zero-order valence-electron chi connectivity index (χ0n) is 12.0. The number of nitrogens with zero attached hydrogens (tertiary/aromatic N) is 1. The topological polar surface area (TPSA) is 41.6 Å². The Hall–Kier alpha value is -1.62. The van der Waals surface area contributed by atoms with Crippen molar-refractivity contribution in [2.45, 2.75) is 25.8 Å². The van der Waals surface area contributed by atoms with Gasteiger partial charge in [-0.2, -0.15) is 0 Å². The summed E-state index contributed by atoms with van der Waals surface area (Å²) in [6.45, 7) is 3.91. The molecule has 110 valence electrons. The maximum absolute atomic E-state index is 13.6. The minimum atomic E-state index is -0.385. The smallest absolute Gasteiger partial charge is 0.236 e. The lowest BCUT2D eigenvalue weighted by atomic mass is 10.1. The van der Waals surface area contributed by atoms with Crippen LogP contribution in [-0.4, -0.2) is 37.6 Å². The number of hydrogen-bond acceptors (Lipinski definition) is 3. The number of ether oxygens (including phenoxy) is 1. The Balaban J connectivity index is 1.89. The number of halogens is 1. The lowest BCUT2D eigenvalue weighted by molar-refractivity contribution is -0.129. The third kappa shape index (κ3) is 3.48. The maximum Gasteiger partial charge on any atom is 0.236 e. The van der Waals surface area contributed by atoms with Crippen LogP contribution in [0.1, 0.15) is 31.4 Å². The molecule has 4 nitrogen and oxygen atoms in total. The minimum Gasteiger partial charge on any atom is -0.494 e. The predicted octanol–water partition coefficient (Wildman–Crippen LogP) is 2.11. The molecule has 1 aromatic rings. The summed E-state index contributed by atoms with van der Waals surface area (Å²) in [5.74, 6) is -0.0399. The third-order valence-electron chi connectivity index (χ3n) is 3.69. The average Bonchev–Trinajstić information content (AvgIpc) is 2.98. The molecule has 0 bridgehead atoms. The van der Waals surface area contributed by atoms with Gasteiger partial charge in [-0.3, -0.25) is 4.79 Å². The summed E-state index contributed by atoms with van der Waals surface area (Å²) in [4.78, 5) is 13.8. The van der Waals surface area contributed by atoms with Crippen LogP contribution in [0.2, 0.25) is 0 Å². The average molecular weight is 280 g/mol. The highest BCUT2D eigenvalue weighted by atomic mass is 19.1. The van der Waals surface area contributed by atoms with Gasteiger partial charge in [0, 0.05) is 19.1 Å². The van der Waals surface area contributed by atoms with Gasteiger partial charge in [-0.1, -0.05) is 6.07 Å². The molecule has 1 fully saturated rings. The fourth-order valence-electron chi connectivity index (χ4n) is 2.39. The van der Waals surface area contributed by atoms with E-state index in [0.29, 0.717) is 0 Å². The number of methoxy groups -OCH3 is 1. The third-order valence-corrected chi connectivity index (χ3v) is 3.69. The first-order valence-corrected chi connectivity index (χ1v) is 6.96. The van der Waals surface area contributed by atoms with Crippen molar-refractivity contribution in [3.8, 4) is 5.75 Å². The molecule has 1 heterocycles. The monoisotopic (exact) mass is 280 g/mol. The van der Waals surface area contributed by atoms with Crippen molar-refractivity contribution in [2.75, 3.05) is 26.7 Å². The molecule has 0 saturated carbocycles. The minimum absolute atomic E-state index is 0.0815. The van der Waals surface area contributed by atoms with Crippen LogP contribution >= 0.6 is 0 Å². The van der Waals surface area contributed by atoms with E-state index >= 15 is 0 Å². The zero-order valence-corrected chi connectivity index (χ0v) is 12.0. The van der Waals surface area contributed by atoms with E-state index in [9.17, 15) is 9.18 Å². The van der Waals surface area contributed by atoms with Crippen LogP contribution < -0.4 is 10.1 Å². The molecule has 1 unspecified atom stereocenters. The van der Waals surface area contributed by atoms with Gasteiger partial charge in [-0.25, -0.2) is 4.39 Å². The lowest BCUT2D eigenvalue weighted by Crippen LogP contribution is -2.37. The van der Waals surface area contributed by atoms with Crippen LogP contribution in [0.15, 0.2) is 18.2 Å². The van der Waals surface area contributed by atoms with Crippen molar-refractivity contribution < 1.29 is 13.9 Å². The molecule has 1 atom stereocenters. The first-order valence-electron chi connectivity index (χ1n) is 6.96. The molecule has 0 radical (unpaired) electrons. The van der Waals surface area contributed by atoms with Gasteiger partial charge in [-0.05, 0) is 37.5 Å². The Bertz CT molecular complexity index is 473. The van der Waals surface area contributed by atoms with Gasteiger partial charge < -0.3 is 15.0 Å². The number of likely N-dealkylation sites (tertiary alicyclic amines) is 1. The molecular weight excluding hydrogens is 259 g/mol. The number of carbonyl (C=O) groups is 1. The molecule has 2 rings (SSSR count). The van der Waals surface area contributed by atoms with E-state index in [2.05, 4.69) is 5.32 Å². The summed E-state index contributed by atoms with van der Waals surface area (Å²) >= 11 is 0. The summed E-state index contributed by atoms with van der Waals surface area (Å²) in [5.41, 5.74) is 0.803. The van der Waals surface area contributed by atoms with E-state index in [1.54, 1.807) is 12.1 Å². The summed E-state index contributed by atoms with van der Waals surface area (Å²) in [6, 6.07) is 4.77. The van der Waals surface area contributed by atoms with Crippen LogP contribution in [0, 0.1) is 5.82 Å². The summed E-state index contributed by atoms with van der Waals surface area (Å²) in [7, 11) is 1.44. The lowest BCUT2D eigenvalue weighted by Gasteiger charge is -2.19. The summed E-state index contributed by atoms with van der Waals surface area (Å²) in [5, 5.41) is 3.14. The molecule has 1 aliphatic rings. The molecule has 0 aromatic heterocycles. The number of rotatable bonds is 5. The second-order valence-electron chi connectivity index (χ2n) is 5.08. The first kappa shape index (κ1) is 14.8. The molecule has 0 spiro atoms. The Morgan fingerprint density at radius 3 is 2.75 bits per heavy atom. The standard InChI is InChI=1S/C15H21FN2O2/c1-11(12-5-6-14(20-2)13(16)9-12)17-10-15(19)18-7-3-4-8-18/h5-6,9,11,17H,3-4,7-8,10H2,1-2H3. The second-order valence-corrected chi connectivity index (χ2v) is 5.08. The summed E-state index contributed by atoms with van der Waals surface area (Å²) in [6.07, 6.45) is 2.18. The SMILES string of the molecule is COc1ccc(C(C)NCC(=O)N2CCCC2)cc1F. The van der Waals surface area contributed by atoms with E-state index < -0.39 is 0 Å². The van der Waals surface area contributed by atoms with Crippen LogP contribution in [0.5, 0.6) is 5.75 Å². The van der Waals surface area contributed by atoms with Gasteiger partial charge in [0.2, 0.25) is 5.91 Å². The Morgan fingerprint density at radius 2 is 2.15 bits per heavy atom. The van der Waals surface area contributed by atoms with Crippen LogP contribution in [-0.2, 0) is 4.79 Å². The molecule has 1 aliphatic heterocycles. The summed E-state index contributed by atoms with van der Waals surface area (Å²) < 4.78 is 18.5. The number of nitrogens with one attached hydrogen (secondary N) is 1. The van der Waals surface area contributed by atoms with Gasteiger partial charge in [0.1, 0.15) is 0 Å². The number of carbonyl (C=O) groups excluding carboxylic acids is 1. The van der Waals surface area contributed by atoms with E-state index in [4.69, 9.17) is 4.74 Å². The van der Waals surface area contributed by atoms with Gasteiger partial charge in [0.05, 0.1) is 13.7 Å². The maximum atomic E-state index is 13.6. The zero-order chi connectivity index (χ0) is 14.5. The van der Waals surface area contributed by atoms with Gasteiger partial charge >= 0.3 is 0 Å². The van der Waals surface area contributed by atoms with Gasteiger partial charge in [-0.15, -0.1) is 0 Å². The quantitative estimate of drug-likeness (QED) is 0.898. The fourth-order valence-corrected chi connectivity index (χ4v) is 2.39. The Morgan fingerprint density at radius 1 is 1.45 bits per heavy atom. The molecular formula is C15H21FN2O2. The van der Waals surface area contributed by atoms with E-state index in [1.165, 1.54) is 13.2 Å². The molecule has 20 heavy (non-hydrogen) atoms. The van der Waals surface area contributed by atoms with Crippen LogP contribution in [0.25, 0.3) is 0 Å². The van der Waals surface area contributed by atoms with E-state index in [1.807, 2.05) is 11.8 Å². The molecule has 5 heteroatoms. The van der Waals surface area contributed by atoms with E-state index in [-0.39, 0.29) is 30.1 Å². The van der Waals surface area contributed by atoms with Crippen molar-refractivity contribution >= 4 is 5.91 Å². The molecule has 0 aliphatic carbocycles. The fraction of sp³-hybridized carbons (Fsp3) is 0.533. The molecule has 1 saturated heterocycles. The van der Waals surface area contributed by atoms with Gasteiger partial charge in [0.25, 0.3) is 0 Å².